The highest BCUT2D eigenvalue weighted by Crippen LogP contribution is 2.36. The zero-order chi connectivity index (χ0) is 18.2. The zero-order valence-electron chi connectivity index (χ0n) is 14.5. The fraction of sp³-hybridized carbons (Fsp3) is 0. The lowest BCUT2D eigenvalue weighted by atomic mass is 10.0. The van der Waals surface area contributed by atoms with Crippen LogP contribution in [0.1, 0.15) is 16.7 Å². The van der Waals surface area contributed by atoms with Crippen molar-refractivity contribution in [2.24, 2.45) is 10.2 Å². The number of hydrogen-bond donors (Lipinski definition) is 1. The van der Waals surface area contributed by atoms with Crippen LogP contribution < -0.4 is 0 Å². The van der Waals surface area contributed by atoms with Gasteiger partial charge in [-0.2, -0.15) is 5.10 Å². The van der Waals surface area contributed by atoms with Crippen LogP contribution in [0.25, 0.3) is 21.9 Å². The predicted octanol–water partition coefficient (Wildman–Crippen LogP) is 5.40. The van der Waals surface area contributed by atoms with Crippen LogP contribution in [0.3, 0.4) is 0 Å². The monoisotopic (exact) mass is 348 g/mol. The van der Waals surface area contributed by atoms with E-state index in [1.807, 2.05) is 54.6 Å². The Morgan fingerprint density at radius 1 is 0.630 bits per heavy atom. The second-order valence-electron chi connectivity index (χ2n) is 6.50. The molecule has 5 rings (SSSR count). The number of fused-ring (bicyclic) bond motifs is 4. The lowest BCUT2D eigenvalue weighted by molar-refractivity contribution is 0.475. The minimum atomic E-state index is 0.199. The average molecular weight is 348 g/mol. The van der Waals surface area contributed by atoms with Crippen molar-refractivity contribution in [3.63, 3.8) is 0 Å². The van der Waals surface area contributed by atoms with E-state index in [0.717, 1.165) is 27.6 Å². The van der Waals surface area contributed by atoms with E-state index < -0.39 is 0 Å². The normalized spacial score (nSPS) is 12.4. The Kier molecular flexibility index (Phi) is 3.58. The number of aromatic hydroxyl groups is 1. The number of benzene rings is 4. The van der Waals surface area contributed by atoms with Gasteiger partial charge in [0, 0.05) is 16.7 Å². The largest absolute Gasteiger partial charge is 0.507 e. The molecular weight excluding hydrogens is 332 g/mol. The van der Waals surface area contributed by atoms with E-state index in [2.05, 4.69) is 34.5 Å². The number of phenolic OH excluding ortho intramolecular Hbond substituents is 1. The van der Waals surface area contributed by atoms with Gasteiger partial charge in [0.2, 0.25) is 0 Å². The van der Waals surface area contributed by atoms with Crippen molar-refractivity contribution in [3.05, 3.63) is 102 Å². The molecule has 0 saturated carbocycles. The van der Waals surface area contributed by atoms with Crippen LogP contribution in [0.2, 0.25) is 0 Å². The van der Waals surface area contributed by atoms with Crippen LogP contribution in [0.5, 0.6) is 5.75 Å². The third kappa shape index (κ3) is 2.52. The Balaban J connectivity index is 1.62. The molecule has 0 amide bonds. The molecule has 3 heteroatoms. The van der Waals surface area contributed by atoms with Crippen LogP contribution in [-0.2, 0) is 0 Å². The van der Waals surface area contributed by atoms with Crippen LogP contribution in [0, 0.1) is 0 Å². The SMILES string of the molecule is Oc1ccc2ccccc2c1C=NN=C1c2ccccc2-c2ccccc21. The molecule has 1 aliphatic rings. The highest BCUT2D eigenvalue weighted by atomic mass is 16.3. The molecule has 0 bridgehead atoms. The zero-order valence-corrected chi connectivity index (χ0v) is 14.5. The maximum Gasteiger partial charge on any atom is 0.125 e. The van der Waals surface area contributed by atoms with E-state index in [1.165, 1.54) is 11.1 Å². The van der Waals surface area contributed by atoms with Gasteiger partial charge in [-0.3, -0.25) is 0 Å². The molecule has 0 spiro atoms. The molecule has 0 saturated heterocycles. The molecule has 3 nitrogen and oxygen atoms in total. The molecule has 0 radical (unpaired) electrons. The summed E-state index contributed by atoms with van der Waals surface area (Å²) < 4.78 is 0. The van der Waals surface area contributed by atoms with Gasteiger partial charge in [-0.15, -0.1) is 5.10 Å². The topological polar surface area (TPSA) is 45.0 Å². The van der Waals surface area contributed by atoms with Crippen LogP contribution in [-0.4, -0.2) is 17.0 Å². The summed E-state index contributed by atoms with van der Waals surface area (Å²) in [4.78, 5) is 0. The molecular formula is C24H16N2O. The fourth-order valence-electron chi connectivity index (χ4n) is 3.67. The summed E-state index contributed by atoms with van der Waals surface area (Å²) in [6, 6.07) is 28.0. The van der Waals surface area contributed by atoms with Gasteiger partial charge in [0.15, 0.2) is 0 Å². The van der Waals surface area contributed by atoms with Gasteiger partial charge in [0.25, 0.3) is 0 Å². The Hall–Kier alpha value is -3.72. The van der Waals surface area contributed by atoms with Crippen LogP contribution in [0.15, 0.2) is 95.1 Å². The predicted molar refractivity (Wildman–Crippen MR) is 111 cm³/mol. The minimum Gasteiger partial charge on any atom is -0.507 e. The van der Waals surface area contributed by atoms with Crippen molar-refractivity contribution in [1.29, 1.82) is 0 Å². The maximum absolute atomic E-state index is 10.3. The molecule has 4 aromatic carbocycles. The molecule has 0 fully saturated rings. The highest BCUT2D eigenvalue weighted by Gasteiger charge is 2.23. The fourth-order valence-corrected chi connectivity index (χ4v) is 3.67. The Labute approximate surface area is 157 Å². The molecule has 4 aromatic rings. The smallest absolute Gasteiger partial charge is 0.125 e. The summed E-state index contributed by atoms with van der Waals surface area (Å²) in [5.41, 5.74) is 6.05. The quantitative estimate of drug-likeness (QED) is 0.337. The van der Waals surface area contributed by atoms with Gasteiger partial charge in [-0.1, -0.05) is 78.9 Å². The third-order valence-electron chi connectivity index (χ3n) is 4.95. The van der Waals surface area contributed by atoms with Gasteiger partial charge in [0.05, 0.1) is 6.21 Å². The van der Waals surface area contributed by atoms with E-state index in [9.17, 15) is 5.11 Å². The Morgan fingerprint density at radius 2 is 1.22 bits per heavy atom. The maximum atomic E-state index is 10.3. The Morgan fingerprint density at radius 3 is 1.93 bits per heavy atom. The lowest BCUT2D eigenvalue weighted by Crippen LogP contribution is -1.97. The van der Waals surface area contributed by atoms with Crippen molar-refractivity contribution in [2.45, 2.75) is 0 Å². The van der Waals surface area contributed by atoms with Gasteiger partial charge in [-0.05, 0) is 28.0 Å². The first-order valence-electron chi connectivity index (χ1n) is 8.84. The summed E-state index contributed by atoms with van der Waals surface area (Å²) >= 11 is 0. The van der Waals surface area contributed by atoms with E-state index in [4.69, 9.17) is 0 Å². The lowest BCUT2D eigenvalue weighted by Gasteiger charge is -2.04. The second kappa shape index (κ2) is 6.22. The van der Waals surface area contributed by atoms with Crippen LogP contribution in [0.4, 0.5) is 0 Å². The van der Waals surface area contributed by atoms with E-state index in [0.29, 0.717) is 5.56 Å². The van der Waals surface area contributed by atoms with Gasteiger partial charge in [-0.25, -0.2) is 0 Å². The first kappa shape index (κ1) is 15.5. The van der Waals surface area contributed by atoms with Crippen molar-refractivity contribution >= 4 is 22.7 Å². The number of phenols is 1. The van der Waals surface area contributed by atoms with Crippen LogP contribution >= 0.6 is 0 Å². The molecule has 0 aliphatic heterocycles. The molecule has 0 aromatic heterocycles. The van der Waals surface area contributed by atoms with E-state index in [1.54, 1.807) is 12.3 Å². The standard InChI is InChI=1S/C24H16N2O/c27-23-14-13-16-7-1-2-8-17(16)22(23)15-25-26-24-20-11-5-3-9-18(20)19-10-4-6-12-21(19)24/h1-15,27H. The summed E-state index contributed by atoms with van der Waals surface area (Å²) in [5, 5.41) is 21.1. The van der Waals surface area contributed by atoms with Gasteiger partial charge >= 0.3 is 0 Å². The van der Waals surface area contributed by atoms with Crippen molar-refractivity contribution in [2.75, 3.05) is 0 Å². The number of rotatable bonds is 2. The van der Waals surface area contributed by atoms with Gasteiger partial charge in [0.1, 0.15) is 11.5 Å². The van der Waals surface area contributed by atoms with Crippen molar-refractivity contribution < 1.29 is 5.11 Å². The van der Waals surface area contributed by atoms with Gasteiger partial charge < -0.3 is 5.11 Å². The molecule has 27 heavy (non-hydrogen) atoms. The average Bonchev–Trinajstić information content (AvgIpc) is 3.04. The first-order chi connectivity index (χ1) is 13.3. The third-order valence-corrected chi connectivity index (χ3v) is 4.95. The summed E-state index contributed by atoms with van der Waals surface area (Å²) in [6.07, 6.45) is 1.63. The van der Waals surface area contributed by atoms with Crippen molar-refractivity contribution in [3.8, 4) is 16.9 Å². The van der Waals surface area contributed by atoms with E-state index in [-0.39, 0.29) is 5.75 Å². The first-order valence-corrected chi connectivity index (χ1v) is 8.84. The number of hydrogen-bond acceptors (Lipinski definition) is 3. The molecule has 1 aliphatic carbocycles. The molecule has 0 unspecified atom stereocenters. The van der Waals surface area contributed by atoms with Crippen molar-refractivity contribution in [1.82, 2.24) is 0 Å². The Bertz CT molecular complexity index is 1190. The molecule has 0 heterocycles. The molecule has 1 N–H and O–H groups in total. The molecule has 128 valence electrons. The number of nitrogens with zero attached hydrogens (tertiary/aromatic N) is 2. The molecule has 0 atom stereocenters. The second-order valence-corrected chi connectivity index (χ2v) is 6.50. The summed E-state index contributed by atoms with van der Waals surface area (Å²) in [5.74, 6) is 0.199. The highest BCUT2D eigenvalue weighted by molar-refractivity contribution is 6.24. The minimum absolute atomic E-state index is 0.199. The van der Waals surface area contributed by atoms with E-state index >= 15 is 0 Å². The summed E-state index contributed by atoms with van der Waals surface area (Å²) in [6.45, 7) is 0. The summed E-state index contributed by atoms with van der Waals surface area (Å²) in [7, 11) is 0.